The van der Waals surface area contributed by atoms with Gasteiger partial charge in [-0.2, -0.15) is 0 Å². The molecule has 8 heteroatoms. The van der Waals surface area contributed by atoms with Crippen molar-refractivity contribution >= 4 is 33.4 Å². The minimum absolute atomic E-state index is 0.0454. The number of hydrogen-bond acceptors (Lipinski definition) is 6. The van der Waals surface area contributed by atoms with Gasteiger partial charge in [-0.3, -0.25) is 19.0 Å². The molecule has 0 saturated carbocycles. The number of nitrogens with zero attached hydrogens (tertiary/aromatic N) is 3. The van der Waals surface area contributed by atoms with Crippen molar-refractivity contribution in [2.75, 3.05) is 19.7 Å². The lowest BCUT2D eigenvalue weighted by Gasteiger charge is -2.30. The second-order valence-corrected chi connectivity index (χ2v) is 9.19. The van der Waals surface area contributed by atoms with E-state index >= 15 is 0 Å². The van der Waals surface area contributed by atoms with Crippen molar-refractivity contribution in [2.45, 2.75) is 58.4 Å². The maximum atomic E-state index is 12.9. The van der Waals surface area contributed by atoms with Crippen molar-refractivity contribution in [1.29, 1.82) is 0 Å². The zero-order chi connectivity index (χ0) is 20.4. The Morgan fingerprint density at radius 1 is 1.24 bits per heavy atom. The monoisotopic (exact) mass is 417 g/mol. The molecule has 3 heterocycles. The van der Waals surface area contributed by atoms with Crippen molar-refractivity contribution in [3.05, 3.63) is 27.1 Å². The Hall–Kier alpha value is -2.22. The third-order valence-corrected chi connectivity index (χ3v) is 7.19. The summed E-state index contributed by atoms with van der Waals surface area (Å²) in [5, 5.41) is 0.718. The van der Waals surface area contributed by atoms with Crippen molar-refractivity contribution in [3.8, 4) is 0 Å². The number of piperidine rings is 1. The lowest BCUT2D eigenvalue weighted by atomic mass is 9.97. The van der Waals surface area contributed by atoms with Gasteiger partial charge in [0.25, 0.3) is 11.5 Å². The first kappa shape index (κ1) is 20.1. The van der Waals surface area contributed by atoms with Gasteiger partial charge in [0.15, 0.2) is 6.61 Å². The maximum Gasteiger partial charge on any atom is 0.308 e. The molecule has 0 atom stereocenters. The van der Waals surface area contributed by atoms with E-state index in [1.165, 1.54) is 15.8 Å². The van der Waals surface area contributed by atoms with Crippen LogP contribution in [0.4, 0.5) is 0 Å². The van der Waals surface area contributed by atoms with Gasteiger partial charge < -0.3 is 9.64 Å². The average Bonchev–Trinajstić information content (AvgIpc) is 3.11. The predicted molar refractivity (Wildman–Crippen MR) is 111 cm³/mol. The Labute approximate surface area is 173 Å². The van der Waals surface area contributed by atoms with Crippen molar-refractivity contribution in [3.63, 3.8) is 0 Å². The number of hydrogen-bond donors (Lipinski definition) is 0. The van der Waals surface area contributed by atoms with E-state index < -0.39 is 5.97 Å². The fourth-order valence-electron chi connectivity index (χ4n) is 4.12. The zero-order valence-electron chi connectivity index (χ0n) is 16.8. The summed E-state index contributed by atoms with van der Waals surface area (Å²) >= 11 is 1.61. The summed E-state index contributed by atoms with van der Waals surface area (Å²) < 4.78 is 6.63. The molecular weight excluding hydrogens is 390 g/mol. The number of amides is 1. The first-order valence-corrected chi connectivity index (χ1v) is 11.3. The van der Waals surface area contributed by atoms with Crippen molar-refractivity contribution in [1.82, 2.24) is 14.5 Å². The predicted octanol–water partition coefficient (Wildman–Crippen LogP) is 2.53. The van der Waals surface area contributed by atoms with Crippen molar-refractivity contribution < 1.29 is 14.3 Å². The van der Waals surface area contributed by atoms with Crippen LogP contribution in [0.3, 0.4) is 0 Å². The molecule has 0 spiro atoms. The Balaban J connectivity index is 1.33. The molecule has 0 bridgehead atoms. The molecule has 1 aliphatic carbocycles. The van der Waals surface area contributed by atoms with E-state index in [-0.39, 0.29) is 31.0 Å². The number of ether oxygens (including phenoxy) is 1. The molecule has 7 nitrogen and oxygen atoms in total. The van der Waals surface area contributed by atoms with Crippen LogP contribution in [0.15, 0.2) is 11.1 Å². The summed E-state index contributed by atoms with van der Waals surface area (Å²) in [4.78, 5) is 45.4. The largest absolute Gasteiger partial charge is 0.456 e. The van der Waals surface area contributed by atoms with E-state index in [0.29, 0.717) is 5.92 Å². The number of rotatable bonds is 5. The summed E-state index contributed by atoms with van der Waals surface area (Å²) in [5.74, 6) is 0.0261. The minimum Gasteiger partial charge on any atom is -0.456 e. The summed E-state index contributed by atoms with van der Waals surface area (Å²) in [5.41, 5.74) is 1.06. The standard InChI is InChI=1S/C21H27N3O4S/c1-14-6-9-23(10-7-14)17(25)12-28-18(26)8-11-24-13-22-20-19(21(24)27)15-4-2-3-5-16(15)29-20/h13-14H,2-12H2,1H3. The molecular formula is C21H27N3O4S. The number of carbonyl (C=O) groups is 2. The third kappa shape index (κ3) is 4.37. The summed E-state index contributed by atoms with van der Waals surface area (Å²) in [6.07, 6.45) is 7.75. The fraction of sp³-hybridized carbons (Fsp3) is 0.619. The van der Waals surface area contributed by atoms with Crippen molar-refractivity contribution in [2.24, 2.45) is 5.92 Å². The lowest BCUT2D eigenvalue weighted by Crippen LogP contribution is -2.40. The van der Waals surface area contributed by atoms with E-state index in [2.05, 4.69) is 11.9 Å². The lowest BCUT2D eigenvalue weighted by molar-refractivity contribution is -0.152. The second kappa shape index (κ2) is 8.65. The first-order chi connectivity index (χ1) is 14.0. The molecule has 2 aromatic rings. The Morgan fingerprint density at radius 2 is 2.00 bits per heavy atom. The van der Waals surface area contributed by atoms with Gasteiger partial charge in [-0.1, -0.05) is 6.92 Å². The molecule has 0 aromatic carbocycles. The molecule has 1 fully saturated rings. The molecule has 2 aromatic heterocycles. The molecule has 0 unspecified atom stereocenters. The molecule has 1 saturated heterocycles. The molecule has 156 valence electrons. The SMILES string of the molecule is CC1CCN(C(=O)COC(=O)CCn2cnc3sc4c(c3c2=O)CCCC4)CC1. The van der Waals surface area contributed by atoms with E-state index in [4.69, 9.17) is 4.74 Å². The van der Waals surface area contributed by atoms with Crippen LogP contribution >= 0.6 is 11.3 Å². The van der Waals surface area contributed by atoms with Gasteiger partial charge in [0.2, 0.25) is 0 Å². The van der Waals surface area contributed by atoms with Crippen LogP contribution in [0.5, 0.6) is 0 Å². The highest BCUT2D eigenvalue weighted by molar-refractivity contribution is 7.18. The summed E-state index contributed by atoms with van der Waals surface area (Å²) in [7, 11) is 0. The Kier molecular flexibility index (Phi) is 5.99. The van der Waals surface area contributed by atoms with Crippen LogP contribution in [-0.2, 0) is 33.7 Å². The van der Waals surface area contributed by atoms with Gasteiger partial charge in [-0.05, 0) is 50.0 Å². The summed E-state index contributed by atoms with van der Waals surface area (Å²) in [6, 6.07) is 0. The van der Waals surface area contributed by atoms with Crippen LogP contribution in [0.2, 0.25) is 0 Å². The normalized spacial score (nSPS) is 17.3. The highest BCUT2D eigenvalue weighted by atomic mass is 32.1. The Morgan fingerprint density at radius 3 is 2.79 bits per heavy atom. The van der Waals surface area contributed by atoms with Gasteiger partial charge >= 0.3 is 5.97 Å². The van der Waals surface area contributed by atoms with Gasteiger partial charge in [0, 0.05) is 24.5 Å². The number of likely N-dealkylation sites (tertiary alicyclic amines) is 1. The zero-order valence-corrected chi connectivity index (χ0v) is 17.6. The van der Waals surface area contributed by atoms with Crippen LogP contribution in [-0.4, -0.2) is 46.0 Å². The number of aryl methyl sites for hydroxylation is 3. The second-order valence-electron chi connectivity index (χ2n) is 8.11. The van der Waals surface area contributed by atoms with E-state index in [0.717, 1.165) is 67.4 Å². The molecule has 4 rings (SSSR count). The maximum absolute atomic E-state index is 12.9. The van der Waals surface area contributed by atoms with Crippen LogP contribution in [0, 0.1) is 5.92 Å². The van der Waals surface area contributed by atoms with Gasteiger partial charge in [0.1, 0.15) is 4.83 Å². The average molecular weight is 418 g/mol. The topological polar surface area (TPSA) is 81.5 Å². The molecule has 0 N–H and O–H groups in total. The Bertz CT molecular complexity index is 972. The van der Waals surface area contributed by atoms with Gasteiger partial charge in [-0.25, -0.2) is 4.98 Å². The highest BCUT2D eigenvalue weighted by Crippen LogP contribution is 2.33. The molecule has 1 amide bonds. The molecule has 1 aliphatic heterocycles. The number of fused-ring (bicyclic) bond motifs is 3. The summed E-state index contributed by atoms with van der Waals surface area (Å²) in [6.45, 7) is 3.62. The van der Waals surface area contributed by atoms with Crippen LogP contribution in [0.1, 0.15) is 49.5 Å². The number of thiophene rings is 1. The van der Waals surface area contributed by atoms with Crippen LogP contribution in [0.25, 0.3) is 10.2 Å². The van der Waals surface area contributed by atoms with E-state index in [1.807, 2.05) is 0 Å². The highest BCUT2D eigenvalue weighted by Gasteiger charge is 2.22. The van der Waals surface area contributed by atoms with Gasteiger partial charge in [-0.15, -0.1) is 11.3 Å². The smallest absolute Gasteiger partial charge is 0.308 e. The number of aromatic nitrogens is 2. The van der Waals surface area contributed by atoms with Gasteiger partial charge in [0.05, 0.1) is 18.1 Å². The minimum atomic E-state index is -0.469. The molecule has 2 aliphatic rings. The molecule has 29 heavy (non-hydrogen) atoms. The third-order valence-electron chi connectivity index (χ3n) is 5.99. The van der Waals surface area contributed by atoms with Crippen LogP contribution < -0.4 is 5.56 Å². The van der Waals surface area contributed by atoms with E-state index in [1.54, 1.807) is 16.2 Å². The number of carbonyl (C=O) groups excluding carboxylic acids is 2. The quantitative estimate of drug-likeness (QED) is 0.699. The molecule has 0 radical (unpaired) electrons. The first-order valence-electron chi connectivity index (χ1n) is 10.5. The number of esters is 1. The fourth-order valence-corrected chi connectivity index (χ4v) is 5.34. The van der Waals surface area contributed by atoms with E-state index in [9.17, 15) is 14.4 Å².